The Bertz CT molecular complexity index is 471. The van der Waals surface area contributed by atoms with Crippen molar-refractivity contribution in [2.24, 2.45) is 5.73 Å². The van der Waals surface area contributed by atoms with Crippen LogP contribution in [0.15, 0.2) is 30.3 Å². The fraction of sp³-hybridized carbons (Fsp3) is 0.250. The molecule has 0 radical (unpaired) electrons. The standard InChI is InChI=1S/C12H14N2O2/c13-9(5-6-12(15)16)11-7-8-3-1-2-4-10(8)14-11/h1-4,7,9,14H,5-6,13H2,(H,15,16)/t9-/m1/s1. The van der Waals surface area contributed by atoms with Gasteiger partial charge in [0.2, 0.25) is 0 Å². The Kier molecular flexibility index (Phi) is 2.92. The van der Waals surface area contributed by atoms with E-state index in [0.717, 1.165) is 16.6 Å². The maximum atomic E-state index is 10.4. The number of fused-ring (bicyclic) bond motifs is 1. The lowest BCUT2D eigenvalue weighted by molar-refractivity contribution is -0.137. The molecule has 1 aromatic heterocycles. The van der Waals surface area contributed by atoms with Crippen LogP contribution in [-0.4, -0.2) is 16.1 Å². The average Bonchev–Trinajstić information content (AvgIpc) is 2.69. The minimum Gasteiger partial charge on any atom is -0.481 e. The number of benzene rings is 1. The smallest absolute Gasteiger partial charge is 0.303 e. The van der Waals surface area contributed by atoms with Crippen LogP contribution in [0.3, 0.4) is 0 Å². The number of aromatic nitrogens is 1. The molecule has 1 heterocycles. The van der Waals surface area contributed by atoms with Gasteiger partial charge in [-0.1, -0.05) is 18.2 Å². The van der Waals surface area contributed by atoms with Gasteiger partial charge in [-0.2, -0.15) is 0 Å². The molecule has 0 bridgehead atoms. The Hall–Kier alpha value is -1.81. The van der Waals surface area contributed by atoms with Crippen LogP contribution < -0.4 is 5.73 Å². The van der Waals surface area contributed by atoms with Crippen molar-refractivity contribution < 1.29 is 9.90 Å². The zero-order valence-corrected chi connectivity index (χ0v) is 8.81. The van der Waals surface area contributed by atoms with Crippen LogP contribution in [0.4, 0.5) is 0 Å². The van der Waals surface area contributed by atoms with E-state index in [9.17, 15) is 4.79 Å². The van der Waals surface area contributed by atoms with Gasteiger partial charge < -0.3 is 15.8 Å². The van der Waals surface area contributed by atoms with Crippen LogP contribution in [0, 0.1) is 0 Å². The largest absolute Gasteiger partial charge is 0.481 e. The highest BCUT2D eigenvalue weighted by atomic mass is 16.4. The van der Waals surface area contributed by atoms with E-state index in [1.807, 2.05) is 30.3 Å². The molecule has 1 aromatic carbocycles. The Balaban J connectivity index is 2.16. The van der Waals surface area contributed by atoms with Crippen molar-refractivity contribution in [2.75, 3.05) is 0 Å². The van der Waals surface area contributed by atoms with E-state index < -0.39 is 5.97 Å². The van der Waals surface area contributed by atoms with Gasteiger partial charge in [0.1, 0.15) is 0 Å². The third-order valence-corrected chi connectivity index (χ3v) is 2.62. The van der Waals surface area contributed by atoms with Crippen LogP contribution in [0.5, 0.6) is 0 Å². The van der Waals surface area contributed by atoms with E-state index in [-0.39, 0.29) is 12.5 Å². The van der Waals surface area contributed by atoms with E-state index in [4.69, 9.17) is 10.8 Å². The molecule has 0 fully saturated rings. The molecule has 0 aliphatic heterocycles. The Morgan fingerprint density at radius 1 is 1.44 bits per heavy atom. The van der Waals surface area contributed by atoms with Gasteiger partial charge in [-0.25, -0.2) is 0 Å². The second-order valence-electron chi connectivity index (χ2n) is 3.85. The maximum absolute atomic E-state index is 10.4. The highest BCUT2D eigenvalue weighted by molar-refractivity contribution is 5.80. The summed E-state index contributed by atoms with van der Waals surface area (Å²) in [5.74, 6) is -0.813. The number of carboxylic acid groups (broad SMARTS) is 1. The summed E-state index contributed by atoms with van der Waals surface area (Å²) < 4.78 is 0. The second kappa shape index (κ2) is 4.37. The predicted octanol–water partition coefficient (Wildman–Crippen LogP) is 2.03. The quantitative estimate of drug-likeness (QED) is 0.734. The van der Waals surface area contributed by atoms with Crippen LogP contribution in [0.1, 0.15) is 24.6 Å². The van der Waals surface area contributed by atoms with E-state index in [0.29, 0.717) is 6.42 Å². The highest BCUT2D eigenvalue weighted by Crippen LogP contribution is 2.21. The molecule has 0 saturated carbocycles. The number of carbonyl (C=O) groups is 1. The average molecular weight is 218 g/mol. The van der Waals surface area contributed by atoms with E-state index >= 15 is 0 Å². The Morgan fingerprint density at radius 2 is 2.19 bits per heavy atom. The Labute approximate surface area is 93.1 Å². The van der Waals surface area contributed by atoms with Crippen LogP contribution in [-0.2, 0) is 4.79 Å². The highest BCUT2D eigenvalue weighted by Gasteiger charge is 2.10. The fourth-order valence-corrected chi connectivity index (χ4v) is 1.73. The summed E-state index contributed by atoms with van der Waals surface area (Å²) in [6.07, 6.45) is 0.540. The number of H-pyrrole nitrogens is 1. The molecular weight excluding hydrogens is 204 g/mol. The SMILES string of the molecule is N[C@H](CCC(=O)O)c1cc2ccccc2[nH]1. The summed E-state index contributed by atoms with van der Waals surface area (Å²) in [5, 5.41) is 9.68. The summed E-state index contributed by atoms with van der Waals surface area (Å²) in [6.45, 7) is 0. The minimum absolute atomic E-state index is 0.0938. The predicted molar refractivity (Wildman–Crippen MR) is 62.1 cm³/mol. The molecule has 4 nitrogen and oxygen atoms in total. The molecule has 0 aliphatic carbocycles. The van der Waals surface area contributed by atoms with Gasteiger partial charge in [0.15, 0.2) is 0 Å². The molecule has 0 saturated heterocycles. The monoisotopic (exact) mass is 218 g/mol. The van der Waals surface area contributed by atoms with Gasteiger partial charge in [-0.15, -0.1) is 0 Å². The first-order valence-corrected chi connectivity index (χ1v) is 5.22. The van der Waals surface area contributed by atoms with Crippen LogP contribution in [0.25, 0.3) is 10.9 Å². The number of hydrogen-bond acceptors (Lipinski definition) is 2. The third kappa shape index (κ3) is 2.23. The first kappa shape index (κ1) is 10.7. The summed E-state index contributed by atoms with van der Waals surface area (Å²) in [4.78, 5) is 13.6. The number of nitrogens with one attached hydrogen (secondary N) is 1. The van der Waals surface area contributed by atoms with Crippen molar-refractivity contribution in [2.45, 2.75) is 18.9 Å². The third-order valence-electron chi connectivity index (χ3n) is 2.62. The minimum atomic E-state index is -0.813. The van der Waals surface area contributed by atoms with Crippen molar-refractivity contribution in [3.8, 4) is 0 Å². The molecule has 0 amide bonds. The van der Waals surface area contributed by atoms with Gasteiger partial charge in [-0.05, 0) is 23.9 Å². The maximum Gasteiger partial charge on any atom is 0.303 e. The van der Waals surface area contributed by atoms with Gasteiger partial charge in [0, 0.05) is 23.7 Å². The summed E-state index contributed by atoms with van der Waals surface area (Å²) >= 11 is 0. The summed E-state index contributed by atoms with van der Waals surface area (Å²) in [6, 6.07) is 9.61. The topological polar surface area (TPSA) is 79.1 Å². The number of carboxylic acids is 1. The molecule has 2 rings (SSSR count). The lowest BCUT2D eigenvalue weighted by atomic mass is 10.1. The Morgan fingerprint density at radius 3 is 2.88 bits per heavy atom. The van der Waals surface area contributed by atoms with Crippen LogP contribution >= 0.6 is 0 Å². The first-order valence-electron chi connectivity index (χ1n) is 5.22. The zero-order chi connectivity index (χ0) is 11.5. The number of aromatic amines is 1. The normalized spacial score (nSPS) is 12.8. The van der Waals surface area contributed by atoms with Gasteiger partial charge in [-0.3, -0.25) is 4.79 Å². The molecule has 84 valence electrons. The van der Waals surface area contributed by atoms with Crippen molar-refractivity contribution in [1.82, 2.24) is 4.98 Å². The van der Waals surface area contributed by atoms with Crippen molar-refractivity contribution >= 4 is 16.9 Å². The van der Waals surface area contributed by atoms with E-state index in [2.05, 4.69) is 4.98 Å². The number of hydrogen-bond donors (Lipinski definition) is 3. The second-order valence-corrected chi connectivity index (χ2v) is 3.85. The number of nitrogens with two attached hydrogens (primary N) is 1. The lowest BCUT2D eigenvalue weighted by Gasteiger charge is -2.07. The number of para-hydroxylation sites is 1. The fourth-order valence-electron chi connectivity index (χ4n) is 1.73. The molecule has 0 aliphatic rings. The zero-order valence-electron chi connectivity index (χ0n) is 8.81. The van der Waals surface area contributed by atoms with Crippen molar-refractivity contribution in [3.05, 3.63) is 36.0 Å². The molecular formula is C12H14N2O2. The summed E-state index contributed by atoms with van der Waals surface area (Å²) in [5.41, 5.74) is 7.83. The molecule has 2 aromatic rings. The molecule has 16 heavy (non-hydrogen) atoms. The van der Waals surface area contributed by atoms with Crippen LogP contribution in [0.2, 0.25) is 0 Å². The first-order chi connectivity index (χ1) is 7.66. The van der Waals surface area contributed by atoms with Gasteiger partial charge in [0.05, 0.1) is 0 Å². The number of aliphatic carboxylic acids is 1. The summed E-state index contributed by atoms with van der Waals surface area (Å²) in [7, 11) is 0. The van der Waals surface area contributed by atoms with E-state index in [1.165, 1.54) is 0 Å². The van der Waals surface area contributed by atoms with E-state index in [1.54, 1.807) is 0 Å². The lowest BCUT2D eigenvalue weighted by Crippen LogP contribution is -2.12. The molecule has 4 heteroatoms. The molecule has 0 spiro atoms. The van der Waals surface area contributed by atoms with Gasteiger partial charge >= 0.3 is 5.97 Å². The molecule has 4 N–H and O–H groups in total. The van der Waals surface area contributed by atoms with Gasteiger partial charge in [0.25, 0.3) is 0 Å². The van der Waals surface area contributed by atoms with Crippen molar-refractivity contribution in [3.63, 3.8) is 0 Å². The van der Waals surface area contributed by atoms with Crippen molar-refractivity contribution in [1.29, 1.82) is 0 Å². The molecule has 0 unspecified atom stereocenters. The molecule has 1 atom stereocenters. The number of rotatable bonds is 4.